The Bertz CT molecular complexity index is 1440. The van der Waals surface area contributed by atoms with Crippen molar-refractivity contribution in [1.82, 2.24) is 14.5 Å². The van der Waals surface area contributed by atoms with Crippen molar-refractivity contribution in [2.24, 2.45) is 5.92 Å². The van der Waals surface area contributed by atoms with Crippen LogP contribution >= 0.6 is 0 Å². The number of benzene rings is 1. The number of alkyl halides is 3. The molecule has 2 fully saturated rings. The van der Waals surface area contributed by atoms with Crippen LogP contribution in [0.3, 0.4) is 0 Å². The average Bonchev–Trinajstić information content (AvgIpc) is 3.60. The smallest absolute Gasteiger partial charge is 0.277 e. The molecule has 1 aliphatic carbocycles. The Morgan fingerprint density at radius 1 is 1.24 bits per heavy atom. The number of ether oxygens (including phenoxy) is 1. The number of hydrogen-bond donors (Lipinski definition) is 2. The van der Waals surface area contributed by atoms with E-state index in [0.717, 1.165) is 6.07 Å². The van der Waals surface area contributed by atoms with Gasteiger partial charge in [0.2, 0.25) is 5.91 Å². The van der Waals surface area contributed by atoms with Gasteiger partial charge in [-0.1, -0.05) is 18.2 Å². The van der Waals surface area contributed by atoms with E-state index in [-0.39, 0.29) is 41.6 Å². The highest BCUT2D eigenvalue weighted by Gasteiger charge is 2.46. The van der Waals surface area contributed by atoms with Gasteiger partial charge in [-0.15, -0.1) is 0 Å². The molecule has 1 saturated heterocycles. The number of rotatable bonds is 8. The third-order valence-corrected chi connectivity index (χ3v) is 6.94. The molecule has 0 radical (unpaired) electrons. The lowest BCUT2D eigenvalue weighted by Gasteiger charge is -2.26. The zero-order valence-corrected chi connectivity index (χ0v) is 20.2. The largest absolute Gasteiger partial charge is 0.380 e. The molecule has 5 rings (SSSR count). The van der Waals surface area contributed by atoms with E-state index < -0.39 is 53.4 Å². The van der Waals surface area contributed by atoms with Gasteiger partial charge in [-0.2, -0.15) is 0 Å². The van der Waals surface area contributed by atoms with Crippen LogP contribution in [0.1, 0.15) is 49.2 Å². The number of nitrogens with zero attached hydrogens (tertiary/aromatic N) is 3. The van der Waals surface area contributed by atoms with Crippen molar-refractivity contribution in [2.75, 3.05) is 30.5 Å². The summed E-state index contributed by atoms with van der Waals surface area (Å²) in [6.45, 7) is 2.83. The van der Waals surface area contributed by atoms with Gasteiger partial charge >= 0.3 is 0 Å². The third-order valence-electron chi connectivity index (χ3n) is 6.94. The van der Waals surface area contributed by atoms with E-state index in [1.807, 2.05) is 0 Å². The van der Waals surface area contributed by atoms with Crippen molar-refractivity contribution < 1.29 is 27.1 Å². The zero-order chi connectivity index (χ0) is 26.5. The summed E-state index contributed by atoms with van der Waals surface area (Å²) in [5.74, 6) is -1.45. The van der Waals surface area contributed by atoms with Crippen LogP contribution in [-0.2, 0) is 15.1 Å². The number of aromatic nitrogens is 3. The average molecular weight is 519 g/mol. The summed E-state index contributed by atoms with van der Waals surface area (Å²) in [4.78, 5) is 35.0. The van der Waals surface area contributed by atoms with E-state index in [1.165, 1.54) is 22.9 Å². The molecular formula is C25H25F4N5O3. The van der Waals surface area contributed by atoms with Crippen LogP contribution in [0.15, 0.2) is 29.2 Å². The topological polar surface area (TPSA) is 98.1 Å². The van der Waals surface area contributed by atoms with E-state index in [0.29, 0.717) is 18.2 Å². The van der Waals surface area contributed by atoms with Crippen LogP contribution in [0, 0.1) is 18.7 Å². The van der Waals surface area contributed by atoms with Gasteiger partial charge in [0.05, 0.1) is 41.7 Å². The highest BCUT2D eigenvalue weighted by atomic mass is 19.3. The fourth-order valence-electron chi connectivity index (χ4n) is 4.43. The molecule has 1 unspecified atom stereocenters. The van der Waals surface area contributed by atoms with Crippen LogP contribution in [0.25, 0.3) is 10.9 Å². The summed E-state index contributed by atoms with van der Waals surface area (Å²) in [7, 11) is 0. The summed E-state index contributed by atoms with van der Waals surface area (Å²) < 4.78 is 61.6. The van der Waals surface area contributed by atoms with Gasteiger partial charge in [-0.3, -0.25) is 9.59 Å². The zero-order valence-electron chi connectivity index (χ0n) is 20.2. The van der Waals surface area contributed by atoms with E-state index in [1.54, 1.807) is 13.8 Å². The molecule has 1 aromatic carbocycles. The molecule has 196 valence electrons. The van der Waals surface area contributed by atoms with Gasteiger partial charge in [0.25, 0.3) is 12.0 Å². The minimum atomic E-state index is -2.98. The molecule has 1 saturated carbocycles. The first kappa shape index (κ1) is 25.1. The Morgan fingerprint density at radius 3 is 2.54 bits per heavy atom. The minimum Gasteiger partial charge on any atom is -0.380 e. The maximum atomic E-state index is 14.8. The molecule has 1 atom stereocenters. The monoisotopic (exact) mass is 519 g/mol. The number of nitrogens with one attached hydrogen (secondary N) is 2. The Labute approximate surface area is 209 Å². The summed E-state index contributed by atoms with van der Waals surface area (Å²) in [6, 6.07) is 2.94. The van der Waals surface area contributed by atoms with E-state index in [4.69, 9.17) is 4.74 Å². The normalized spacial score (nSPS) is 17.5. The predicted molar refractivity (Wildman–Crippen MR) is 128 cm³/mol. The van der Waals surface area contributed by atoms with Crippen molar-refractivity contribution in [3.8, 4) is 0 Å². The van der Waals surface area contributed by atoms with Crippen LogP contribution in [-0.4, -0.2) is 40.3 Å². The molecular weight excluding hydrogens is 494 g/mol. The number of anilines is 2. The number of aryl methyl sites for hydroxylation is 1. The quantitative estimate of drug-likeness (QED) is 0.429. The lowest BCUT2D eigenvalue weighted by molar-refractivity contribution is -0.133. The van der Waals surface area contributed by atoms with E-state index in [2.05, 4.69) is 20.6 Å². The number of carbonyl (C=O) groups excluding carboxylic acids is 1. The van der Waals surface area contributed by atoms with Gasteiger partial charge in [0.15, 0.2) is 0 Å². The number of halogens is 4. The first-order valence-electron chi connectivity index (χ1n) is 11.9. The van der Waals surface area contributed by atoms with Crippen molar-refractivity contribution in [3.63, 3.8) is 0 Å². The van der Waals surface area contributed by atoms with Gasteiger partial charge in [0, 0.05) is 11.8 Å². The highest BCUT2D eigenvalue weighted by molar-refractivity contribution is 6.03. The molecule has 3 heterocycles. The summed E-state index contributed by atoms with van der Waals surface area (Å²) in [5.41, 5.74) is -2.32. The lowest BCUT2D eigenvalue weighted by atomic mass is 10.0. The highest BCUT2D eigenvalue weighted by Crippen LogP contribution is 2.44. The first-order valence-corrected chi connectivity index (χ1v) is 11.9. The standard InChI is InChI=1S/C25H25F4N5O3/c1-12(15-4-3-5-16(18(15)27)21(28)29)30-22-17-8-34(25(11-26)6-7-25)24(36)20(19(17)31-13(2)32-22)33-23(35)14-9-37-10-14/h3-5,8,12,14,21H,6-7,9-11H2,1-2H3,(H,33,35)(H,30,31,32). The van der Waals surface area contributed by atoms with Crippen molar-refractivity contribution in [1.29, 1.82) is 0 Å². The maximum Gasteiger partial charge on any atom is 0.277 e. The molecule has 2 aliphatic rings. The molecule has 2 aromatic heterocycles. The molecule has 2 N–H and O–H groups in total. The number of amides is 1. The number of hydrogen-bond acceptors (Lipinski definition) is 6. The first-order chi connectivity index (χ1) is 17.6. The summed E-state index contributed by atoms with van der Waals surface area (Å²) in [6.07, 6.45) is -0.661. The fraction of sp³-hybridized carbons (Fsp3) is 0.440. The number of fused-ring (bicyclic) bond motifs is 1. The van der Waals surface area contributed by atoms with E-state index >= 15 is 0 Å². The molecule has 0 bridgehead atoms. The van der Waals surface area contributed by atoms with Crippen LogP contribution in [0.2, 0.25) is 0 Å². The Hall–Kier alpha value is -3.54. The molecule has 1 amide bonds. The molecule has 1 aliphatic heterocycles. The second-order valence-electron chi connectivity index (χ2n) is 9.56. The second-order valence-corrected chi connectivity index (χ2v) is 9.56. The molecule has 37 heavy (non-hydrogen) atoms. The van der Waals surface area contributed by atoms with Gasteiger partial charge in [-0.05, 0) is 26.7 Å². The third kappa shape index (κ3) is 4.43. The van der Waals surface area contributed by atoms with E-state index in [9.17, 15) is 27.2 Å². The summed E-state index contributed by atoms with van der Waals surface area (Å²) >= 11 is 0. The van der Waals surface area contributed by atoms with Gasteiger partial charge in [0.1, 0.15) is 35.3 Å². The maximum absolute atomic E-state index is 14.8. The second kappa shape index (κ2) is 9.40. The molecule has 0 spiro atoms. The minimum absolute atomic E-state index is 0.00327. The van der Waals surface area contributed by atoms with Crippen LogP contribution < -0.4 is 16.2 Å². The molecule has 12 heteroatoms. The van der Waals surface area contributed by atoms with Crippen molar-refractivity contribution in [2.45, 2.75) is 44.7 Å². The summed E-state index contributed by atoms with van der Waals surface area (Å²) in [5, 5.41) is 5.98. The van der Waals surface area contributed by atoms with Crippen LogP contribution in [0.5, 0.6) is 0 Å². The SMILES string of the molecule is Cc1nc(NC(C)c2cccc(C(F)F)c2F)c2cn(C3(CF)CC3)c(=O)c(NC(=O)C3COC3)c2n1. The van der Waals surface area contributed by atoms with Crippen LogP contribution in [0.4, 0.5) is 29.1 Å². The Kier molecular flexibility index (Phi) is 6.38. The number of carbonyl (C=O) groups is 1. The van der Waals surface area contributed by atoms with Gasteiger partial charge < -0.3 is 19.9 Å². The number of pyridine rings is 1. The van der Waals surface area contributed by atoms with Crippen molar-refractivity contribution >= 4 is 28.3 Å². The predicted octanol–water partition coefficient (Wildman–Crippen LogP) is 4.39. The lowest BCUT2D eigenvalue weighted by Crippen LogP contribution is -2.41. The van der Waals surface area contributed by atoms with Gasteiger partial charge in [-0.25, -0.2) is 27.5 Å². The molecule has 3 aromatic rings. The Morgan fingerprint density at radius 2 is 1.95 bits per heavy atom. The molecule has 8 nitrogen and oxygen atoms in total. The fourth-order valence-corrected chi connectivity index (χ4v) is 4.43. The Balaban J connectivity index is 1.63. The van der Waals surface area contributed by atoms with Crippen molar-refractivity contribution in [3.05, 3.63) is 57.5 Å².